The van der Waals surface area contributed by atoms with E-state index in [0.717, 1.165) is 16.9 Å². The minimum Gasteiger partial charge on any atom is -0.494 e. The summed E-state index contributed by atoms with van der Waals surface area (Å²) < 4.78 is 5.47. The number of ether oxygens (including phenoxy) is 1. The molecule has 0 fully saturated rings. The van der Waals surface area contributed by atoms with Crippen LogP contribution in [-0.4, -0.2) is 12.4 Å². The highest BCUT2D eigenvalue weighted by Crippen LogP contribution is 2.24. The van der Waals surface area contributed by atoms with E-state index >= 15 is 0 Å². The number of aryl methyl sites for hydroxylation is 2. The molecule has 0 aliphatic heterocycles. The third-order valence-corrected chi connectivity index (χ3v) is 2.59. The molecule has 0 aromatic heterocycles. The Morgan fingerprint density at radius 3 is 2.65 bits per heavy atom. The molecular weight excluding hydrogens is 214 g/mol. The molecule has 0 aliphatic rings. The molecule has 0 bridgehead atoms. The van der Waals surface area contributed by atoms with Crippen LogP contribution >= 0.6 is 0 Å². The van der Waals surface area contributed by atoms with Crippen LogP contribution in [0.4, 0.5) is 0 Å². The molecule has 0 saturated carbocycles. The van der Waals surface area contributed by atoms with Gasteiger partial charge in [-0.2, -0.15) is 5.26 Å². The monoisotopic (exact) mass is 231 g/mol. The van der Waals surface area contributed by atoms with Gasteiger partial charge >= 0.3 is 0 Å². The minimum atomic E-state index is 0.0233. The fourth-order valence-electron chi connectivity index (χ4n) is 1.71. The first kappa shape index (κ1) is 13.2. The number of nitriles is 1. The Morgan fingerprint density at radius 1 is 1.35 bits per heavy atom. The maximum absolute atomic E-state index is 11.9. The van der Waals surface area contributed by atoms with Crippen molar-refractivity contribution in [2.75, 3.05) is 6.61 Å². The normalized spacial score (nSPS) is 9.76. The zero-order valence-electron chi connectivity index (χ0n) is 10.5. The van der Waals surface area contributed by atoms with Gasteiger partial charge in [-0.05, 0) is 44.0 Å². The van der Waals surface area contributed by atoms with E-state index in [1.165, 1.54) is 0 Å². The third kappa shape index (κ3) is 3.32. The number of ketones is 1. The van der Waals surface area contributed by atoms with Gasteiger partial charge in [-0.15, -0.1) is 0 Å². The highest BCUT2D eigenvalue weighted by Gasteiger charge is 2.11. The maximum Gasteiger partial charge on any atom is 0.164 e. The van der Waals surface area contributed by atoms with Gasteiger partial charge in [-0.3, -0.25) is 4.79 Å². The maximum atomic E-state index is 11.9. The summed E-state index contributed by atoms with van der Waals surface area (Å²) in [6.45, 7) is 6.36. The molecule has 0 heterocycles. The van der Waals surface area contributed by atoms with Crippen molar-refractivity contribution >= 4 is 5.78 Å². The van der Waals surface area contributed by atoms with Crippen molar-refractivity contribution in [2.45, 2.75) is 33.6 Å². The molecule has 0 atom stereocenters. The lowest BCUT2D eigenvalue weighted by Gasteiger charge is -2.11. The summed E-state index contributed by atoms with van der Waals surface area (Å²) in [5.74, 6) is 0.844. The summed E-state index contributed by atoms with van der Waals surface area (Å²) in [5, 5.41) is 8.48. The smallest absolute Gasteiger partial charge is 0.164 e. The number of Topliss-reactive ketones (excluding diaryl/α,β-unsaturated/α-hetero) is 1. The Hall–Kier alpha value is -1.82. The van der Waals surface area contributed by atoms with Crippen LogP contribution in [0.2, 0.25) is 0 Å². The van der Waals surface area contributed by atoms with Crippen LogP contribution in [-0.2, 0) is 0 Å². The number of rotatable bonds is 5. The molecule has 17 heavy (non-hydrogen) atoms. The molecule has 90 valence electrons. The van der Waals surface area contributed by atoms with Gasteiger partial charge in [0.05, 0.1) is 12.7 Å². The predicted octanol–water partition coefficient (Wildman–Crippen LogP) is 3.19. The van der Waals surface area contributed by atoms with E-state index < -0.39 is 0 Å². The fraction of sp³-hybridized carbons (Fsp3) is 0.429. The first-order valence-corrected chi connectivity index (χ1v) is 5.74. The second kappa shape index (κ2) is 6.05. The van der Waals surface area contributed by atoms with Crippen LogP contribution in [0.25, 0.3) is 0 Å². The molecule has 3 heteroatoms. The minimum absolute atomic E-state index is 0.0233. The molecule has 0 N–H and O–H groups in total. The zero-order valence-corrected chi connectivity index (χ0v) is 10.5. The second-order valence-electron chi connectivity index (χ2n) is 3.95. The van der Waals surface area contributed by atoms with Crippen molar-refractivity contribution in [2.24, 2.45) is 0 Å². The lowest BCUT2D eigenvalue weighted by atomic mass is 9.99. The van der Waals surface area contributed by atoms with Crippen LogP contribution in [0.15, 0.2) is 12.1 Å². The molecule has 1 aromatic rings. The molecule has 3 nitrogen and oxygen atoms in total. The number of carbonyl (C=O) groups is 1. The average Bonchev–Trinajstić information content (AvgIpc) is 2.30. The van der Waals surface area contributed by atoms with Gasteiger partial charge in [0.2, 0.25) is 0 Å². The quantitative estimate of drug-likeness (QED) is 0.731. The number of carbonyl (C=O) groups excluding carboxylic acids is 1. The van der Waals surface area contributed by atoms with E-state index in [9.17, 15) is 4.79 Å². The largest absolute Gasteiger partial charge is 0.494 e. The number of hydrogen-bond donors (Lipinski definition) is 0. The van der Waals surface area contributed by atoms with Crippen LogP contribution in [0.3, 0.4) is 0 Å². The van der Waals surface area contributed by atoms with E-state index in [1.54, 1.807) is 0 Å². The number of nitrogens with zero attached hydrogens (tertiary/aromatic N) is 1. The Labute approximate surface area is 102 Å². The van der Waals surface area contributed by atoms with E-state index in [1.807, 2.05) is 39.0 Å². The summed E-state index contributed by atoms with van der Waals surface area (Å²) in [7, 11) is 0. The van der Waals surface area contributed by atoms with Crippen molar-refractivity contribution in [3.63, 3.8) is 0 Å². The van der Waals surface area contributed by atoms with Crippen LogP contribution < -0.4 is 4.74 Å². The summed E-state index contributed by atoms with van der Waals surface area (Å²) in [6.07, 6.45) is 0.551. The highest BCUT2D eigenvalue weighted by atomic mass is 16.5. The summed E-state index contributed by atoms with van der Waals surface area (Å²) in [4.78, 5) is 11.9. The SMILES string of the molecule is CCOc1cc(C)c(C(=O)CCC#N)cc1C. The lowest BCUT2D eigenvalue weighted by molar-refractivity contribution is 0.0983. The lowest BCUT2D eigenvalue weighted by Crippen LogP contribution is -2.04. The van der Waals surface area contributed by atoms with E-state index in [4.69, 9.17) is 10.00 Å². The Morgan fingerprint density at radius 2 is 2.06 bits per heavy atom. The van der Waals surface area contributed by atoms with Gasteiger partial charge in [0.25, 0.3) is 0 Å². The number of hydrogen-bond acceptors (Lipinski definition) is 3. The molecule has 1 aromatic carbocycles. The highest BCUT2D eigenvalue weighted by molar-refractivity contribution is 5.97. The Bertz CT molecular complexity index is 458. The Balaban J connectivity index is 2.99. The fourth-order valence-corrected chi connectivity index (χ4v) is 1.71. The molecule has 0 saturated heterocycles. The van der Waals surface area contributed by atoms with Crippen LogP contribution in [0.5, 0.6) is 5.75 Å². The second-order valence-corrected chi connectivity index (χ2v) is 3.95. The predicted molar refractivity (Wildman–Crippen MR) is 66.3 cm³/mol. The van der Waals surface area contributed by atoms with Gasteiger partial charge in [-0.1, -0.05) is 0 Å². The molecule has 0 amide bonds. The van der Waals surface area contributed by atoms with Gasteiger partial charge in [0, 0.05) is 18.4 Å². The molecule has 1 rings (SSSR count). The topological polar surface area (TPSA) is 50.1 Å². The van der Waals surface area contributed by atoms with Crippen molar-refractivity contribution in [3.8, 4) is 11.8 Å². The van der Waals surface area contributed by atoms with Gasteiger partial charge in [-0.25, -0.2) is 0 Å². The van der Waals surface area contributed by atoms with Crippen molar-refractivity contribution < 1.29 is 9.53 Å². The molecule has 0 radical (unpaired) electrons. The first-order chi connectivity index (χ1) is 8.10. The van der Waals surface area contributed by atoms with Gasteiger partial charge in [0.15, 0.2) is 5.78 Å². The van der Waals surface area contributed by atoms with E-state index in [0.29, 0.717) is 12.2 Å². The van der Waals surface area contributed by atoms with Gasteiger partial charge < -0.3 is 4.74 Å². The average molecular weight is 231 g/mol. The molecule has 0 spiro atoms. The van der Waals surface area contributed by atoms with E-state index in [-0.39, 0.29) is 18.6 Å². The Kier molecular flexibility index (Phi) is 4.71. The van der Waals surface area contributed by atoms with Gasteiger partial charge in [0.1, 0.15) is 5.75 Å². The third-order valence-electron chi connectivity index (χ3n) is 2.59. The molecule has 0 unspecified atom stereocenters. The van der Waals surface area contributed by atoms with Crippen LogP contribution in [0.1, 0.15) is 41.3 Å². The van der Waals surface area contributed by atoms with Crippen molar-refractivity contribution in [1.82, 2.24) is 0 Å². The summed E-state index contributed by atoms with van der Waals surface area (Å²) in [5.41, 5.74) is 2.56. The molecular formula is C14H17NO2. The summed E-state index contributed by atoms with van der Waals surface area (Å²) >= 11 is 0. The van der Waals surface area contributed by atoms with Crippen molar-refractivity contribution in [1.29, 1.82) is 5.26 Å². The first-order valence-electron chi connectivity index (χ1n) is 5.74. The summed E-state index contributed by atoms with van der Waals surface area (Å²) in [6, 6.07) is 5.72. The van der Waals surface area contributed by atoms with Crippen molar-refractivity contribution in [3.05, 3.63) is 28.8 Å². The van der Waals surface area contributed by atoms with E-state index in [2.05, 4.69) is 0 Å². The number of benzene rings is 1. The zero-order chi connectivity index (χ0) is 12.8. The van der Waals surface area contributed by atoms with Crippen LogP contribution in [0, 0.1) is 25.2 Å². The molecule has 0 aliphatic carbocycles. The standard InChI is InChI=1S/C14H17NO2/c1-4-17-14-9-10(2)12(8-11(14)3)13(16)6-5-7-15/h8-9H,4-6H2,1-3H3.